The molecule has 1 N–H and O–H groups in total. The minimum atomic E-state index is 0.509. The van der Waals surface area contributed by atoms with Gasteiger partial charge in [0.2, 0.25) is 0 Å². The first-order chi connectivity index (χ1) is 8.24. The molecule has 0 fully saturated rings. The van der Waals surface area contributed by atoms with E-state index >= 15 is 0 Å². The highest BCUT2D eigenvalue weighted by atomic mass is 35.5. The molecular formula is C11H20ClN3O2. The van der Waals surface area contributed by atoms with Crippen molar-refractivity contribution in [3.05, 3.63) is 16.4 Å². The number of ether oxygens (including phenoxy) is 1. The molecule has 0 spiro atoms. The van der Waals surface area contributed by atoms with Crippen LogP contribution in [0.2, 0.25) is 5.02 Å². The third-order valence-electron chi connectivity index (χ3n) is 2.43. The predicted octanol–water partition coefficient (Wildman–Crippen LogP) is 1.79. The van der Waals surface area contributed by atoms with Crippen LogP contribution in [-0.4, -0.2) is 30.1 Å². The highest BCUT2D eigenvalue weighted by Crippen LogP contribution is 2.21. The summed E-state index contributed by atoms with van der Waals surface area (Å²) >= 11 is 6.24. The number of hydrogen-bond acceptors (Lipinski definition) is 4. The maximum atomic E-state index is 6.24. The second kappa shape index (κ2) is 7.66. The van der Waals surface area contributed by atoms with Crippen LogP contribution in [0.1, 0.15) is 25.2 Å². The molecule has 1 heterocycles. The second-order valence-corrected chi connectivity index (χ2v) is 3.92. The highest BCUT2D eigenvalue weighted by Gasteiger charge is 2.13. The normalized spacial score (nSPS) is 11.1. The topological polar surface area (TPSA) is 48.3 Å². The van der Waals surface area contributed by atoms with Crippen molar-refractivity contribution in [2.45, 2.75) is 33.4 Å². The van der Waals surface area contributed by atoms with Gasteiger partial charge in [-0.15, -0.1) is 0 Å². The van der Waals surface area contributed by atoms with E-state index in [-0.39, 0.29) is 0 Å². The van der Waals surface area contributed by atoms with Crippen LogP contribution in [0, 0.1) is 0 Å². The van der Waals surface area contributed by atoms with Gasteiger partial charge in [0.25, 0.3) is 0 Å². The van der Waals surface area contributed by atoms with Gasteiger partial charge in [-0.05, 0) is 13.3 Å². The van der Waals surface area contributed by atoms with Gasteiger partial charge in [0.15, 0.2) is 0 Å². The van der Waals surface area contributed by atoms with Gasteiger partial charge in [0.05, 0.1) is 36.2 Å². The minimum Gasteiger partial charge on any atom is -0.382 e. The number of nitrogens with zero attached hydrogens (tertiary/aromatic N) is 2. The van der Waals surface area contributed by atoms with Crippen molar-refractivity contribution >= 4 is 11.6 Å². The fraction of sp³-hybridized carbons (Fsp3) is 0.727. The van der Waals surface area contributed by atoms with Crippen molar-refractivity contribution in [3.8, 4) is 0 Å². The lowest BCUT2D eigenvalue weighted by Gasteiger charge is -2.07. The smallest absolute Gasteiger partial charge is 0.0916 e. The fourth-order valence-corrected chi connectivity index (χ4v) is 1.84. The summed E-state index contributed by atoms with van der Waals surface area (Å²) in [5.74, 6) is 0. The lowest BCUT2D eigenvalue weighted by Crippen LogP contribution is -2.19. The van der Waals surface area contributed by atoms with Crippen LogP contribution in [0.3, 0.4) is 0 Å². The molecule has 1 rings (SSSR count). The van der Waals surface area contributed by atoms with E-state index in [1.807, 2.05) is 18.5 Å². The number of methoxy groups -OCH3 is 1. The second-order valence-electron chi connectivity index (χ2n) is 3.54. The Balaban J connectivity index is 2.54. The SMILES string of the molecule is CCc1nn(CC)c(CNOCCOC)c1Cl. The van der Waals surface area contributed by atoms with E-state index < -0.39 is 0 Å². The Bertz CT molecular complexity index is 342. The number of nitrogens with one attached hydrogen (secondary N) is 1. The van der Waals surface area contributed by atoms with E-state index in [9.17, 15) is 0 Å². The van der Waals surface area contributed by atoms with Crippen molar-refractivity contribution in [2.75, 3.05) is 20.3 Å². The van der Waals surface area contributed by atoms with Crippen LogP contribution in [0.15, 0.2) is 0 Å². The summed E-state index contributed by atoms with van der Waals surface area (Å²) in [5.41, 5.74) is 4.76. The van der Waals surface area contributed by atoms with E-state index in [1.54, 1.807) is 7.11 Å². The van der Waals surface area contributed by atoms with Crippen molar-refractivity contribution in [3.63, 3.8) is 0 Å². The molecule has 6 heteroatoms. The van der Waals surface area contributed by atoms with Crippen LogP contribution in [0.25, 0.3) is 0 Å². The van der Waals surface area contributed by atoms with Crippen LogP contribution < -0.4 is 5.48 Å². The van der Waals surface area contributed by atoms with Gasteiger partial charge in [0.1, 0.15) is 0 Å². The van der Waals surface area contributed by atoms with Gasteiger partial charge < -0.3 is 4.74 Å². The average molecular weight is 262 g/mol. The number of hydroxylamine groups is 1. The molecule has 5 nitrogen and oxygen atoms in total. The summed E-state index contributed by atoms with van der Waals surface area (Å²) in [4.78, 5) is 5.20. The van der Waals surface area contributed by atoms with E-state index in [1.165, 1.54) is 0 Å². The third-order valence-corrected chi connectivity index (χ3v) is 2.86. The van der Waals surface area contributed by atoms with Gasteiger partial charge in [0, 0.05) is 13.7 Å². The molecular weight excluding hydrogens is 242 g/mol. The van der Waals surface area contributed by atoms with Crippen LogP contribution in [-0.2, 0) is 29.1 Å². The summed E-state index contributed by atoms with van der Waals surface area (Å²) in [6.07, 6.45) is 0.837. The Morgan fingerprint density at radius 2 is 2.12 bits per heavy atom. The Labute approximate surface area is 107 Å². The van der Waals surface area contributed by atoms with Crippen LogP contribution in [0.4, 0.5) is 0 Å². The van der Waals surface area contributed by atoms with Gasteiger partial charge in [-0.2, -0.15) is 10.6 Å². The van der Waals surface area contributed by atoms with Crippen molar-refractivity contribution in [1.82, 2.24) is 15.3 Å². The maximum absolute atomic E-state index is 6.24. The minimum absolute atomic E-state index is 0.509. The first-order valence-electron chi connectivity index (χ1n) is 5.82. The average Bonchev–Trinajstić information content (AvgIpc) is 2.65. The first-order valence-corrected chi connectivity index (χ1v) is 6.19. The summed E-state index contributed by atoms with van der Waals surface area (Å²) in [6.45, 7) is 6.50. The molecule has 0 aliphatic carbocycles. The van der Waals surface area contributed by atoms with Crippen LogP contribution >= 0.6 is 11.6 Å². The highest BCUT2D eigenvalue weighted by molar-refractivity contribution is 6.31. The molecule has 1 aromatic heterocycles. The first kappa shape index (κ1) is 14.4. The van der Waals surface area contributed by atoms with E-state index in [4.69, 9.17) is 21.2 Å². The quantitative estimate of drug-likeness (QED) is 0.573. The molecule has 0 saturated heterocycles. The van der Waals surface area contributed by atoms with Crippen molar-refractivity contribution < 1.29 is 9.57 Å². The molecule has 17 heavy (non-hydrogen) atoms. The summed E-state index contributed by atoms with van der Waals surface area (Å²) in [6, 6.07) is 0. The Kier molecular flexibility index (Phi) is 6.50. The molecule has 0 aromatic carbocycles. The number of aromatic nitrogens is 2. The molecule has 0 aliphatic heterocycles. The lowest BCUT2D eigenvalue weighted by atomic mass is 10.3. The molecule has 0 saturated carbocycles. The standard InChI is InChI=1S/C11H20ClN3O2/c1-4-9-11(12)10(15(5-2)14-9)8-13-17-7-6-16-3/h13H,4-8H2,1-3H3. The number of hydrogen-bond donors (Lipinski definition) is 1. The largest absolute Gasteiger partial charge is 0.382 e. The molecule has 0 bridgehead atoms. The Morgan fingerprint density at radius 1 is 1.35 bits per heavy atom. The zero-order valence-corrected chi connectivity index (χ0v) is 11.4. The van der Waals surface area contributed by atoms with Crippen LogP contribution in [0.5, 0.6) is 0 Å². The molecule has 0 unspecified atom stereocenters. The molecule has 0 aliphatic rings. The maximum Gasteiger partial charge on any atom is 0.0916 e. The van der Waals surface area contributed by atoms with Gasteiger partial charge in [-0.25, -0.2) is 0 Å². The van der Waals surface area contributed by atoms with E-state index in [0.29, 0.717) is 19.8 Å². The summed E-state index contributed by atoms with van der Waals surface area (Å²) in [7, 11) is 1.64. The molecule has 1 aromatic rings. The molecule has 0 atom stereocenters. The number of rotatable bonds is 8. The summed E-state index contributed by atoms with van der Waals surface area (Å²) in [5, 5.41) is 5.16. The zero-order chi connectivity index (χ0) is 12.7. The zero-order valence-electron chi connectivity index (χ0n) is 10.6. The predicted molar refractivity (Wildman–Crippen MR) is 67.0 cm³/mol. The fourth-order valence-electron chi connectivity index (χ4n) is 1.50. The van der Waals surface area contributed by atoms with Crippen molar-refractivity contribution in [1.29, 1.82) is 0 Å². The third kappa shape index (κ3) is 3.96. The monoisotopic (exact) mass is 261 g/mol. The molecule has 0 radical (unpaired) electrons. The Morgan fingerprint density at radius 3 is 2.71 bits per heavy atom. The van der Waals surface area contributed by atoms with Crippen molar-refractivity contribution in [2.24, 2.45) is 0 Å². The van der Waals surface area contributed by atoms with Gasteiger partial charge in [-0.3, -0.25) is 9.52 Å². The van der Waals surface area contributed by atoms with E-state index in [2.05, 4.69) is 10.6 Å². The lowest BCUT2D eigenvalue weighted by molar-refractivity contribution is 0.00249. The Hall–Kier alpha value is -0.620. The molecule has 98 valence electrons. The number of aryl methyl sites for hydroxylation is 2. The summed E-state index contributed by atoms with van der Waals surface area (Å²) < 4.78 is 6.77. The van der Waals surface area contributed by atoms with Gasteiger partial charge in [-0.1, -0.05) is 18.5 Å². The van der Waals surface area contributed by atoms with E-state index in [0.717, 1.165) is 29.4 Å². The molecule has 0 amide bonds. The number of halogens is 1. The van der Waals surface area contributed by atoms with Gasteiger partial charge >= 0.3 is 0 Å².